The molecule has 1 heterocycles. The Labute approximate surface area is 166 Å². The number of ether oxygens (including phenoxy) is 1. The fourth-order valence-corrected chi connectivity index (χ4v) is 4.22. The zero-order valence-corrected chi connectivity index (χ0v) is 15.9. The van der Waals surface area contributed by atoms with E-state index >= 15 is 0 Å². The third-order valence-corrected chi connectivity index (χ3v) is 5.63. The van der Waals surface area contributed by atoms with E-state index in [0.29, 0.717) is 6.61 Å². The van der Waals surface area contributed by atoms with Crippen LogP contribution in [-0.2, 0) is 21.4 Å². The van der Waals surface area contributed by atoms with Crippen LogP contribution in [0.4, 0.5) is 0 Å². The molecule has 1 aliphatic heterocycles. The highest BCUT2D eigenvalue weighted by atomic mass is 16.5. The van der Waals surface area contributed by atoms with Crippen molar-refractivity contribution in [2.24, 2.45) is 5.92 Å². The van der Waals surface area contributed by atoms with E-state index in [4.69, 9.17) is 4.74 Å². The molecule has 28 heavy (non-hydrogen) atoms. The van der Waals surface area contributed by atoms with Gasteiger partial charge in [0.1, 0.15) is 5.41 Å². The fourth-order valence-electron chi connectivity index (χ4n) is 4.22. The van der Waals surface area contributed by atoms with Crippen LogP contribution in [0.1, 0.15) is 16.7 Å². The van der Waals surface area contributed by atoms with Gasteiger partial charge in [-0.25, -0.2) is 0 Å². The van der Waals surface area contributed by atoms with E-state index in [1.54, 1.807) is 0 Å². The molecule has 0 radical (unpaired) electrons. The molecule has 1 fully saturated rings. The highest BCUT2D eigenvalue weighted by Gasteiger charge is 2.54. The number of carbonyl (C=O) groups is 1. The summed E-state index contributed by atoms with van der Waals surface area (Å²) in [5.74, 6) is -0.111. The number of cyclic esters (lactones) is 1. The first-order valence-electron chi connectivity index (χ1n) is 9.84. The maximum atomic E-state index is 13.1. The van der Waals surface area contributed by atoms with Gasteiger partial charge in [-0.3, -0.25) is 4.79 Å². The second-order valence-corrected chi connectivity index (χ2v) is 7.28. The van der Waals surface area contributed by atoms with Crippen LogP contribution in [0.25, 0.3) is 0 Å². The van der Waals surface area contributed by atoms with Gasteiger partial charge in [0.25, 0.3) is 0 Å². The van der Waals surface area contributed by atoms with E-state index in [1.165, 1.54) is 5.56 Å². The zero-order chi connectivity index (χ0) is 19.2. The Morgan fingerprint density at radius 2 is 1.36 bits per heavy atom. The molecule has 0 aromatic heterocycles. The van der Waals surface area contributed by atoms with Crippen molar-refractivity contribution in [2.45, 2.75) is 11.8 Å². The molecule has 0 bridgehead atoms. The van der Waals surface area contributed by atoms with E-state index in [9.17, 15) is 4.79 Å². The van der Waals surface area contributed by atoms with Crippen LogP contribution in [0.3, 0.4) is 0 Å². The predicted molar refractivity (Wildman–Crippen MR) is 111 cm³/mol. The Morgan fingerprint density at radius 3 is 1.93 bits per heavy atom. The van der Waals surface area contributed by atoms with Gasteiger partial charge in [-0.1, -0.05) is 91.0 Å². The highest BCUT2D eigenvalue weighted by molar-refractivity contribution is 5.90. The minimum absolute atomic E-state index is 0.0422. The van der Waals surface area contributed by atoms with Gasteiger partial charge in [0, 0.05) is 12.5 Å². The van der Waals surface area contributed by atoms with Crippen molar-refractivity contribution >= 4 is 5.97 Å². The molecular formula is C25H25NO2. The Hall–Kier alpha value is -2.91. The van der Waals surface area contributed by atoms with Crippen molar-refractivity contribution in [1.29, 1.82) is 0 Å². The van der Waals surface area contributed by atoms with Gasteiger partial charge in [0.05, 0.1) is 6.61 Å². The summed E-state index contributed by atoms with van der Waals surface area (Å²) < 4.78 is 5.63. The van der Waals surface area contributed by atoms with Crippen molar-refractivity contribution in [1.82, 2.24) is 5.32 Å². The molecule has 1 saturated heterocycles. The van der Waals surface area contributed by atoms with Crippen molar-refractivity contribution in [3.8, 4) is 0 Å². The molecule has 3 nitrogen and oxygen atoms in total. The largest absolute Gasteiger partial charge is 0.464 e. The second-order valence-electron chi connectivity index (χ2n) is 7.28. The molecule has 3 aromatic rings. The van der Waals surface area contributed by atoms with Gasteiger partial charge >= 0.3 is 5.97 Å². The predicted octanol–water partition coefficient (Wildman–Crippen LogP) is 3.98. The van der Waals surface area contributed by atoms with E-state index in [1.807, 2.05) is 66.7 Å². The van der Waals surface area contributed by atoms with Crippen molar-refractivity contribution in [2.75, 3.05) is 19.7 Å². The van der Waals surface area contributed by atoms with Crippen LogP contribution in [0.15, 0.2) is 91.0 Å². The van der Waals surface area contributed by atoms with Gasteiger partial charge in [0.2, 0.25) is 0 Å². The molecule has 0 saturated carbocycles. The van der Waals surface area contributed by atoms with Gasteiger partial charge in [-0.15, -0.1) is 0 Å². The Morgan fingerprint density at radius 1 is 0.821 bits per heavy atom. The van der Waals surface area contributed by atoms with Crippen LogP contribution >= 0.6 is 0 Å². The SMILES string of the molecule is O=C1OCC(CNCCc2ccccc2)C1(c1ccccc1)c1ccccc1. The Kier molecular flexibility index (Phi) is 5.54. The molecule has 142 valence electrons. The molecule has 1 N–H and O–H groups in total. The minimum atomic E-state index is -0.762. The lowest BCUT2D eigenvalue weighted by Gasteiger charge is -2.32. The maximum absolute atomic E-state index is 13.1. The van der Waals surface area contributed by atoms with Crippen LogP contribution in [0.2, 0.25) is 0 Å². The maximum Gasteiger partial charge on any atom is 0.321 e. The first-order valence-corrected chi connectivity index (χ1v) is 9.84. The van der Waals surface area contributed by atoms with Crippen LogP contribution < -0.4 is 5.32 Å². The Bertz CT molecular complexity index is 854. The summed E-state index contributed by atoms with van der Waals surface area (Å²) in [6, 6.07) is 30.5. The topological polar surface area (TPSA) is 38.3 Å². The average Bonchev–Trinajstić information content (AvgIpc) is 3.10. The molecule has 3 heteroatoms. The molecule has 3 aromatic carbocycles. The van der Waals surface area contributed by atoms with Gasteiger partial charge in [-0.05, 0) is 29.7 Å². The normalized spacial score (nSPS) is 18.0. The lowest BCUT2D eigenvalue weighted by Crippen LogP contribution is -2.44. The first kappa shape index (κ1) is 18.5. The molecule has 0 aliphatic carbocycles. The van der Waals surface area contributed by atoms with E-state index in [-0.39, 0.29) is 11.9 Å². The van der Waals surface area contributed by atoms with Gasteiger partial charge in [-0.2, -0.15) is 0 Å². The van der Waals surface area contributed by atoms with E-state index in [2.05, 4.69) is 29.6 Å². The smallest absolute Gasteiger partial charge is 0.321 e. The van der Waals surface area contributed by atoms with Crippen molar-refractivity contribution in [3.05, 3.63) is 108 Å². The molecule has 1 atom stereocenters. The lowest BCUT2D eigenvalue weighted by molar-refractivity contribution is -0.141. The van der Waals surface area contributed by atoms with Crippen LogP contribution in [0.5, 0.6) is 0 Å². The first-order chi connectivity index (χ1) is 13.8. The monoisotopic (exact) mass is 371 g/mol. The number of benzene rings is 3. The third-order valence-electron chi connectivity index (χ3n) is 5.63. The number of carbonyl (C=O) groups excluding carboxylic acids is 1. The number of esters is 1. The van der Waals surface area contributed by atoms with E-state index < -0.39 is 5.41 Å². The molecule has 0 spiro atoms. The second kappa shape index (κ2) is 8.41. The summed E-state index contributed by atoms with van der Waals surface area (Å²) in [7, 11) is 0. The fraction of sp³-hybridized carbons (Fsp3) is 0.240. The van der Waals surface area contributed by atoms with Gasteiger partial charge < -0.3 is 10.1 Å². The van der Waals surface area contributed by atoms with E-state index in [0.717, 1.165) is 30.6 Å². The summed E-state index contributed by atoms with van der Waals surface area (Å²) >= 11 is 0. The summed E-state index contributed by atoms with van der Waals surface area (Å²) in [6.45, 7) is 2.03. The summed E-state index contributed by atoms with van der Waals surface area (Å²) in [5, 5.41) is 3.56. The summed E-state index contributed by atoms with van der Waals surface area (Å²) in [4.78, 5) is 13.1. The van der Waals surface area contributed by atoms with Crippen LogP contribution in [-0.4, -0.2) is 25.7 Å². The highest BCUT2D eigenvalue weighted by Crippen LogP contribution is 2.44. The van der Waals surface area contributed by atoms with Gasteiger partial charge in [0.15, 0.2) is 0 Å². The summed E-state index contributed by atoms with van der Waals surface area (Å²) in [6.07, 6.45) is 0.964. The number of hydrogen-bond donors (Lipinski definition) is 1. The van der Waals surface area contributed by atoms with Crippen molar-refractivity contribution in [3.63, 3.8) is 0 Å². The summed E-state index contributed by atoms with van der Waals surface area (Å²) in [5.41, 5.74) is 2.55. The standard InChI is InChI=1S/C25H25NO2/c27-24-25(21-12-6-2-7-13-21,22-14-8-3-9-15-22)23(19-28-24)18-26-17-16-20-10-4-1-5-11-20/h1-15,23,26H,16-19H2. The third kappa shape index (κ3) is 3.46. The molecular weight excluding hydrogens is 346 g/mol. The molecule has 0 amide bonds. The minimum Gasteiger partial charge on any atom is -0.464 e. The number of rotatable bonds is 7. The average molecular weight is 371 g/mol. The number of hydrogen-bond acceptors (Lipinski definition) is 3. The lowest BCUT2D eigenvalue weighted by atomic mass is 9.67. The van der Waals surface area contributed by atoms with Crippen molar-refractivity contribution < 1.29 is 9.53 Å². The molecule has 1 aliphatic rings. The Balaban J connectivity index is 1.57. The molecule has 1 unspecified atom stereocenters. The quantitative estimate of drug-likeness (QED) is 0.504. The zero-order valence-electron chi connectivity index (χ0n) is 15.9. The van der Waals surface area contributed by atoms with Crippen LogP contribution in [0, 0.1) is 5.92 Å². The number of nitrogens with one attached hydrogen (secondary N) is 1. The molecule has 4 rings (SSSR count).